The minimum atomic E-state index is -1.31. The number of nitro groups is 1. The van der Waals surface area contributed by atoms with Gasteiger partial charge in [0.1, 0.15) is 5.56 Å². The van der Waals surface area contributed by atoms with Gasteiger partial charge in [-0.2, -0.15) is 0 Å². The van der Waals surface area contributed by atoms with Crippen LogP contribution in [0.5, 0.6) is 0 Å². The lowest BCUT2D eigenvalue weighted by molar-refractivity contribution is -0.385. The minimum absolute atomic E-state index is 0.251. The summed E-state index contributed by atoms with van der Waals surface area (Å²) >= 11 is 0. The molecule has 0 unspecified atom stereocenters. The highest BCUT2D eigenvalue weighted by Gasteiger charge is 2.21. The van der Waals surface area contributed by atoms with Gasteiger partial charge in [0.05, 0.1) is 4.92 Å². The molecular weight excluding hydrogens is 224 g/mol. The molecule has 0 amide bonds. The molecule has 0 fully saturated rings. The molecule has 0 aliphatic heterocycles. The van der Waals surface area contributed by atoms with Crippen LogP contribution < -0.4 is 5.32 Å². The van der Waals surface area contributed by atoms with Crippen molar-refractivity contribution in [1.29, 1.82) is 0 Å². The van der Waals surface area contributed by atoms with Crippen LogP contribution in [0.1, 0.15) is 31.1 Å². The molecule has 6 heteroatoms. The molecule has 1 rings (SSSR count). The number of benzene rings is 1. The molecule has 1 aromatic carbocycles. The number of carboxylic acids is 1. The van der Waals surface area contributed by atoms with Crippen LogP contribution in [-0.2, 0) is 0 Å². The number of carboxylic acid groups (broad SMARTS) is 1. The third kappa shape index (κ3) is 3.44. The molecule has 0 aliphatic rings. The van der Waals surface area contributed by atoms with Gasteiger partial charge >= 0.3 is 5.97 Å². The summed E-state index contributed by atoms with van der Waals surface area (Å²) in [5.41, 5.74) is -0.450. The van der Waals surface area contributed by atoms with Crippen LogP contribution in [0, 0.1) is 10.1 Å². The third-order valence-corrected chi connectivity index (χ3v) is 1.94. The minimum Gasteiger partial charge on any atom is -0.477 e. The third-order valence-electron chi connectivity index (χ3n) is 1.94. The maximum Gasteiger partial charge on any atom is 0.342 e. The number of nitro benzene ring substituents is 1. The largest absolute Gasteiger partial charge is 0.477 e. The zero-order valence-corrected chi connectivity index (χ0v) is 9.85. The molecule has 0 atom stereocenters. The van der Waals surface area contributed by atoms with Crippen LogP contribution in [0.4, 0.5) is 11.4 Å². The molecule has 6 nitrogen and oxygen atoms in total. The lowest BCUT2D eigenvalue weighted by Gasteiger charge is -2.22. The van der Waals surface area contributed by atoms with E-state index in [4.69, 9.17) is 5.11 Å². The zero-order chi connectivity index (χ0) is 13.2. The van der Waals surface area contributed by atoms with E-state index in [1.54, 1.807) is 0 Å². The molecule has 0 saturated carbocycles. The van der Waals surface area contributed by atoms with Crippen molar-refractivity contribution in [3.63, 3.8) is 0 Å². The summed E-state index contributed by atoms with van der Waals surface area (Å²) < 4.78 is 0. The van der Waals surface area contributed by atoms with Crippen molar-refractivity contribution >= 4 is 17.3 Å². The highest BCUT2D eigenvalue weighted by atomic mass is 16.6. The number of hydrogen-bond acceptors (Lipinski definition) is 4. The van der Waals surface area contributed by atoms with Crippen molar-refractivity contribution in [3.8, 4) is 0 Å². The summed E-state index contributed by atoms with van der Waals surface area (Å²) in [6, 6.07) is 3.98. The second kappa shape index (κ2) is 4.40. The van der Waals surface area contributed by atoms with E-state index in [1.165, 1.54) is 18.2 Å². The number of aromatic carboxylic acids is 1. The van der Waals surface area contributed by atoms with Crippen molar-refractivity contribution < 1.29 is 14.8 Å². The smallest absolute Gasteiger partial charge is 0.342 e. The molecule has 0 bridgehead atoms. The van der Waals surface area contributed by atoms with Gasteiger partial charge in [-0.1, -0.05) is 0 Å². The van der Waals surface area contributed by atoms with Gasteiger partial charge in [-0.05, 0) is 32.9 Å². The Kier molecular flexibility index (Phi) is 3.36. The van der Waals surface area contributed by atoms with Crippen LogP contribution >= 0.6 is 0 Å². The second-order valence-electron chi connectivity index (χ2n) is 4.67. The Morgan fingerprint density at radius 1 is 1.41 bits per heavy atom. The normalized spacial score (nSPS) is 11.0. The summed E-state index contributed by atoms with van der Waals surface area (Å²) in [6.07, 6.45) is 0. The number of carbonyl (C=O) groups is 1. The summed E-state index contributed by atoms with van der Waals surface area (Å²) in [4.78, 5) is 20.9. The summed E-state index contributed by atoms with van der Waals surface area (Å²) in [5, 5.41) is 22.6. The predicted molar refractivity (Wildman–Crippen MR) is 63.4 cm³/mol. The first-order valence-electron chi connectivity index (χ1n) is 5.00. The fourth-order valence-electron chi connectivity index (χ4n) is 1.37. The fourth-order valence-corrected chi connectivity index (χ4v) is 1.37. The Bertz CT molecular complexity index is 463. The average Bonchev–Trinajstić information content (AvgIpc) is 2.14. The van der Waals surface area contributed by atoms with Gasteiger partial charge in [-0.25, -0.2) is 4.79 Å². The first-order valence-corrected chi connectivity index (χ1v) is 5.00. The van der Waals surface area contributed by atoms with Crippen LogP contribution in [0.3, 0.4) is 0 Å². The standard InChI is InChI=1S/C11H14N2O4/c1-11(2,3)12-7-4-5-8(10(14)15)9(6-7)13(16)17/h4-6,12H,1-3H3,(H,14,15). The first kappa shape index (κ1) is 13.0. The average molecular weight is 238 g/mol. The molecule has 1 aromatic rings. The Labute approximate surface area is 98.4 Å². The number of nitrogens with zero attached hydrogens (tertiary/aromatic N) is 1. The monoisotopic (exact) mass is 238 g/mol. The fraction of sp³-hybridized carbons (Fsp3) is 0.364. The van der Waals surface area contributed by atoms with E-state index in [1.807, 2.05) is 20.8 Å². The van der Waals surface area contributed by atoms with Crippen LogP contribution in [0.2, 0.25) is 0 Å². The van der Waals surface area contributed by atoms with Crippen molar-refractivity contribution in [3.05, 3.63) is 33.9 Å². The van der Waals surface area contributed by atoms with Crippen LogP contribution in [0.15, 0.2) is 18.2 Å². The second-order valence-corrected chi connectivity index (χ2v) is 4.67. The molecule has 0 heterocycles. The Balaban J connectivity index is 3.19. The molecule has 0 aliphatic carbocycles. The highest BCUT2D eigenvalue weighted by Crippen LogP contribution is 2.25. The van der Waals surface area contributed by atoms with E-state index >= 15 is 0 Å². The molecule has 0 saturated heterocycles. The van der Waals surface area contributed by atoms with E-state index in [9.17, 15) is 14.9 Å². The van der Waals surface area contributed by atoms with Gasteiger partial charge in [-0.15, -0.1) is 0 Å². The highest BCUT2D eigenvalue weighted by molar-refractivity contribution is 5.93. The quantitative estimate of drug-likeness (QED) is 0.623. The summed E-state index contributed by atoms with van der Waals surface area (Å²) in [5.74, 6) is -1.31. The Morgan fingerprint density at radius 2 is 2.00 bits per heavy atom. The van der Waals surface area contributed by atoms with E-state index in [2.05, 4.69) is 5.32 Å². The van der Waals surface area contributed by atoms with E-state index in [0.29, 0.717) is 5.69 Å². The van der Waals surface area contributed by atoms with Gasteiger partial charge < -0.3 is 10.4 Å². The molecule has 0 aromatic heterocycles. The molecule has 0 spiro atoms. The SMILES string of the molecule is CC(C)(C)Nc1ccc(C(=O)O)c([N+](=O)[O-])c1. The van der Waals surface area contributed by atoms with E-state index < -0.39 is 16.6 Å². The summed E-state index contributed by atoms with van der Waals surface area (Å²) in [6.45, 7) is 5.72. The van der Waals surface area contributed by atoms with E-state index in [0.717, 1.165) is 0 Å². The lowest BCUT2D eigenvalue weighted by Crippen LogP contribution is -2.26. The molecule has 17 heavy (non-hydrogen) atoms. The number of nitrogens with one attached hydrogen (secondary N) is 1. The van der Waals surface area contributed by atoms with Gasteiger partial charge in [0, 0.05) is 17.3 Å². The van der Waals surface area contributed by atoms with Gasteiger partial charge in [0.15, 0.2) is 0 Å². The Morgan fingerprint density at radius 3 is 2.41 bits per heavy atom. The van der Waals surface area contributed by atoms with Crippen molar-refractivity contribution in [1.82, 2.24) is 0 Å². The number of anilines is 1. The van der Waals surface area contributed by atoms with Crippen molar-refractivity contribution in [2.24, 2.45) is 0 Å². The Hall–Kier alpha value is -2.11. The number of hydrogen-bond donors (Lipinski definition) is 2. The molecule has 92 valence electrons. The topological polar surface area (TPSA) is 92.5 Å². The van der Waals surface area contributed by atoms with Crippen LogP contribution in [0.25, 0.3) is 0 Å². The maximum absolute atomic E-state index is 10.8. The van der Waals surface area contributed by atoms with Crippen molar-refractivity contribution in [2.45, 2.75) is 26.3 Å². The van der Waals surface area contributed by atoms with Gasteiger partial charge in [0.25, 0.3) is 5.69 Å². The number of rotatable bonds is 3. The van der Waals surface area contributed by atoms with Gasteiger partial charge in [0.2, 0.25) is 0 Å². The molecule has 2 N–H and O–H groups in total. The lowest BCUT2D eigenvalue weighted by atomic mass is 10.1. The molecular formula is C11H14N2O4. The van der Waals surface area contributed by atoms with Gasteiger partial charge in [-0.3, -0.25) is 10.1 Å². The molecule has 0 radical (unpaired) electrons. The predicted octanol–water partition coefficient (Wildman–Crippen LogP) is 2.50. The first-order chi connectivity index (χ1) is 7.70. The van der Waals surface area contributed by atoms with Crippen LogP contribution in [-0.4, -0.2) is 21.5 Å². The zero-order valence-electron chi connectivity index (χ0n) is 9.85. The summed E-state index contributed by atoms with van der Waals surface area (Å²) in [7, 11) is 0. The van der Waals surface area contributed by atoms with E-state index in [-0.39, 0.29) is 11.1 Å². The van der Waals surface area contributed by atoms with Crippen molar-refractivity contribution in [2.75, 3.05) is 5.32 Å². The maximum atomic E-state index is 10.8.